The molecule has 5 heteroatoms. The van der Waals surface area contributed by atoms with Crippen molar-refractivity contribution in [1.82, 2.24) is 14.7 Å². The predicted octanol–water partition coefficient (Wildman–Crippen LogP) is 3.29. The average Bonchev–Trinajstić information content (AvgIpc) is 2.96. The first kappa shape index (κ1) is 14.7. The minimum atomic E-state index is -0.157. The van der Waals surface area contributed by atoms with Crippen LogP contribution in [0.25, 0.3) is 5.65 Å². The van der Waals surface area contributed by atoms with Crippen LogP contribution in [-0.2, 0) is 6.54 Å². The normalized spacial score (nSPS) is 10.8. The van der Waals surface area contributed by atoms with Gasteiger partial charge in [-0.2, -0.15) is 0 Å². The highest BCUT2D eigenvalue weighted by molar-refractivity contribution is 7.98. The van der Waals surface area contributed by atoms with Crippen LogP contribution in [0.2, 0.25) is 0 Å². The first-order valence-corrected chi connectivity index (χ1v) is 8.24. The Labute approximate surface area is 133 Å². The first-order chi connectivity index (χ1) is 10.7. The van der Waals surface area contributed by atoms with E-state index >= 15 is 0 Å². The molecule has 0 aliphatic rings. The van der Waals surface area contributed by atoms with Gasteiger partial charge in [-0.1, -0.05) is 18.2 Å². The van der Waals surface area contributed by atoms with Crippen molar-refractivity contribution >= 4 is 23.3 Å². The van der Waals surface area contributed by atoms with E-state index in [9.17, 15) is 4.79 Å². The molecule has 0 bridgehead atoms. The highest BCUT2D eigenvalue weighted by atomic mass is 32.2. The van der Waals surface area contributed by atoms with E-state index in [1.54, 1.807) is 18.0 Å². The topological polar surface area (TPSA) is 46.4 Å². The molecule has 0 aliphatic carbocycles. The lowest BCUT2D eigenvalue weighted by Gasteiger charge is -2.04. The van der Waals surface area contributed by atoms with Crippen molar-refractivity contribution in [2.45, 2.75) is 18.4 Å². The standard InChI is InChI=1S/C17H17N3OS/c1-12-3-8-16-19-15(11-20(16)10-12)17(21)18-9-13-4-6-14(22-2)7-5-13/h3-8,10-11H,9H2,1-2H3,(H,18,21). The first-order valence-electron chi connectivity index (χ1n) is 7.02. The van der Waals surface area contributed by atoms with Gasteiger partial charge in [-0.3, -0.25) is 4.79 Å². The van der Waals surface area contributed by atoms with Crippen LogP contribution in [0.5, 0.6) is 0 Å². The molecule has 4 nitrogen and oxygen atoms in total. The summed E-state index contributed by atoms with van der Waals surface area (Å²) in [6.45, 7) is 2.51. The molecule has 0 atom stereocenters. The monoisotopic (exact) mass is 311 g/mol. The van der Waals surface area contributed by atoms with Crippen molar-refractivity contribution in [3.8, 4) is 0 Å². The maximum Gasteiger partial charge on any atom is 0.271 e. The summed E-state index contributed by atoms with van der Waals surface area (Å²) in [7, 11) is 0. The molecule has 0 spiro atoms. The summed E-state index contributed by atoms with van der Waals surface area (Å²) >= 11 is 1.70. The lowest BCUT2D eigenvalue weighted by atomic mass is 10.2. The van der Waals surface area contributed by atoms with E-state index in [2.05, 4.69) is 22.4 Å². The van der Waals surface area contributed by atoms with E-state index in [1.807, 2.05) is 48.0 Å². The summed E-state index contributed by atoms with van der Waals surface area (Å²) in [5.41, 5.74) is 3.42. The van der Waals surface area contributed by atoms with Gasteiger partial charge in [0.25, 0.3) is 5.91 Å². The van der Waals surface area contributed by atoms with E-state index in [4.69, 9.17) is 0 Å². The van der Waals surface area contributed by atoms with Gasteiger partial charge in [0.15, 0.2) is 0 Å². The van der Waals surface area contributed by atoms with Crippen LogP contribution in [0.4, 0.5) is 0 Å². The van der Waals surface area contributed by atoms with Crippen molar-refractivity contribution in [2.75, 3.05) is 6.26 Å². The highest BCUT2D eigenvalue weighted by Crippen LogP contribution is 2.14. The van der Waals surface area contributed by atoms with Crippen LogP contribution in [0.1, 0.15) is 21.6 Å². The predicted molar refractivity (Wildman–Crippen MR) is 89.3 cm³/mol. The second-order valence-corrected chi connectivity index (χ2v) is 6.01. The fraction of sp³-hybridized carbons (Fsp3) is 0.176. The Morgan fingerprint density at radius 2 is 1.95 bits per heavy atom. The van der Waals surface area contributed by atoms with Crippen molar-refractivity contribution in [2.24, 2.45) is 0 Å². The molecule has 0 radical (unpaired) electrons. The van der Waals surface area contributed by atoms with Gasteiger partial charge in [0.2, 0.25) is 0 Å². The molecular weight excluding hydrogens is 294 g/mol. The van der Waals surface area contributed by atoms with E-state index in [0.717, 1.165) is 16.8 Å². The Morgan fingerprint density at radius 3 is 2.68 bits per heavy atom. The van der Waals surface area contributed by atoms with Gasteiger partial charge in [0.05, 0.1) is 0 Å². The molecule has 22 heavy (non-hydrogen) atoms. The number of rotatable bonds is 4. The zero-order valence-corrected chi connectivity index (χ0v) is 13.4. The minimum Gasteiger partial charge on any atom is -0.347 e. The summed E-state index contributed by atoms with van der Waals surface area (Å²) in [5.74, 6) is -0.157. The Balaban J connectivity index is 1.69. The molecule has 2 aromatic heterocycles. The summed E-state index contributed by atoms with van der Waals surface area (Å²) in [6, 6.07) is 12.1. The van der Waals surface area contributed by atoms with E-state index in [0.29, 0.717) is 12.2 Å². The molecule has 0 saturated carbocycles. The van der Waals surface area contributed by atoms with Crippen molar-refractivity contribution in [3.63, 3.8) is 0 Å². The number of nitrogens with one attached hydrogen (secondary N) is 1. The molecule has 0 unspecified atom stereocenters. The van der Waals surface area contributed by atoms with Crippen LogP contribution in [0.15, 0.2) is 53.7 Å². The SMILES string of the molecule is CSc1ccc(CNC(=O)c2cn3cc(C)ccc3n2)cc1. The number of hydrogen-bond donors (Lipinski definition) is 1. The van der Waals surface area contributed by atoms with Crippen LogP contribution >= 0.6 is 11.8 Å². The Kier molecular flexibility index (Phi) is 4.15. The molecule has 2 heterocycles. The van der Waals surface area contributed by atoms with Gasteiger partial charge in [-0.25, -0.2) is 4.98 Å². The van der Waals surface area contributed by atoms with Gasteiger partial charge in [0.1, 0.15) is 11.3 Å². The van der Waals surface area contributed by atoms with Crippen LogP contribution in [0.3, 0.4) is 0 Å². The summed E-state index contributed by atoms with van der Waals surface area (Å²) in [5, 5.41) is 2.91. The second kappa shape index (κ2) is 6.23. The molecule has 1 aromatic carbocycles. The summed E-state index contributed by atoms with van der Waals surface area (Å²) in [6.07, 6.45) is 5.76. The third kappa shape index (κ3) is 3.14. The minimum absolute atomic E-state index is 0.157. The summed E-state index contributed by atoms with van der Waals surface area (Å²) < 4.78 is 1.87. The van der Waals surface area contributed by atoms with Gasteiger partial charge < -0.3 is 9.72 Å². The van der Waals surface area contributed by atoms with Gasteiger partial charge in [0, 0.05) is 23.8 Å². The van der Waals surface area contributed by atoms with Gasteiger partial charge in [-0.05, 0) is 42.5 Å². The molecule has 3 rings (SSSR count). The zero-order valence-electron chi connectivity index (χ0n) is 12.5. The second-order valence-electron chi connectivity index (χ2n) is 5.13. The molecule has 0 aliphatic heterocycles. The Morgan fingerprint density at radius 1 is 1.18 bits per heavy atom. The number of imidazole rings is 1. The zero-order chi connectivity index (χ0) is 15.5. The van der Waals surface area contributed by atoms with E-state index < -0.39 is 0 Å². The fourth-order valence-corrected chi connectivity index (χ4v) is 2.64. The number of nitrogens with zero attached hydrogens (tertiary/aromatic N) is 2. The number of aromatic nitrogens is 2. The number of hydrogen-bond acceptors (Lipinski definition) is 3. The number of amides is 1. The van der Waals surface area contributed by atoms with Crippen LogP contribution in [0, 0.1) is 6.92 Å². The quantitative estimate of drug-likeness (QED) is 0.752. The van der Waals surface area contributed by atoms with Crippen molar-refractivity contribution in [3.05, 3.63) is 65.6 Å². The maximum atomic E-state index is 12.2. The van der Waals surface area contributed by atoms with Crippen LogP contribution < -0.4 is 5.32 Å². The molecule has 1 N–H and O–H groups in total. The van der Waals surface area contributed by atoms with Crippen molar-refractivity contribution in [1.29, 1.82) is 0 Å². The van der Waals surface area contributed by atoms with Crippen molar-refractivity contribution < 1.29 is 4.79 Å². The Hall–Kier alpha value is -2.27. The smallest absolute Gasteiger partial charge is 0.271 e. The maximum absolute atomic E-state index is 12.2. The Bertz CT molecular complexity index is 808. The molecule has 112 valence electrons. The largest absolute Gasteiger partial charge is 0.347 e. The highest BCUT2D eigenvalue weighted by Gasteiger charge is 2.10. The number of pyridine rings is 1. The van der Waals surface area contributed by atoms with E-state index in [1.165, 1.54) is 4.90 Å². The van der Waals surface area contributed by atoms with Gasteiger partial charge >= 0.3 is 0 Å². The molecular formula is C17H17N3OS. The van der Waals surface area contributed by atoms with E-state index in [-0.39, 0.29) is 5.91 Å². The molecule has 0 fully saturated rings. The molecule has 1 amide bonds. The number of aryl methyl sites for hydroxylation is 1. The lowest BCUT2D eigenvalue weighted by molar-refractivity contribution is 0.0946. The average molecular weight is 311 g/mol. The number of thioether (sulfide) groups is 1. The third-order valence-corrected chi connectivity index (χ3v) is 4.19. The molecule has 0 saturated heterocycles. The van der Waals surface area contributed by atoms with Crippen LogP contribution in [-0.4, -0.2) is 21.5 Å². The number of carbonyl (C=O) groups excluding carboxylic acids is 1. The third-order valence-electron chi connectivity index (χ3n) is 3.44. The lowest BCUT2D eigenvalue weighted by Crippen LogP contribution is -2.23. The summed E-state index contributed by atoms with van der Waals surface area (Å²) in [4.78, 5) is 17.8. The molecule has 3 aromatic rings. The van der Waals surface area contributed by atoms with Gasteiger partial charge in [-0.15, -0.1) is 11.8 Å². The number of fused-ring (bicyclic) bond motifs is 1. The fourth-order valence-electron chi connectivity index (χ4n) is 2.23. The number of benzene rings is 1. The number of carbonyl (C=O) groups is 1.